The van der Waals surface area contributed by atoms with Crippen molar-refractivity contribution in [2.24, 2.45) is 0 Å². The van der Waals surface area contributed by atoms with Crippen LogP contribution in [-0.4, -0.2) is 15.0 Å². The van der Waals surface area contributed by atoms with Crippen molar-refractivity contribution in [1.29, 1.82) is 0 Å². The zero-order chi connectivity index (χ0) is 14.7. The third-order valence-corrected chi connectivity index (χ3v) is 3.15. The highest BCUT2D eigenvalue weighted by Crippen LogP contribution is 2.38. The van der Waals surface area contributed by atoms with Gasteiger partial charge < -0.3 is 9.84 Å². The van der Waals surface area contributed by atoms with Crippen LogP contribution in [0.3, 0.4) is 0 Å². The molecule has 104 valence electrons. The molecule has 0 amide bonds. The number of hydrogen-bond acceptors (Lipinski definition) is 5. The first-order valence-electron chi connectivity index (χ1n) is 5.39. The van der Waals surface area contributed by atoms with E-state index in [0.29, 0.717) is 5.56 Å². The molecule has 0 saturated carbocycles. The van der Waals surface area contributed by atoms with Crippen LogP contribution in [0.5, 0.6) is 11.6 Å². The number of aliphatic hydroxyl groups excluding tert-OH is 1. The molecule has 0 aliphatic rings. The Labute approximate surface area is 123 Å². The van der Waals surface area contributed by atoms with Gasteiger partial charge in [-0.15, -0.1) is 0 Å². The lowest BCUT2D eigenvalue weighted by molar-refractivity contribution is -0.385. The van der Waals surface area contributed by atoms with Gasteiger partial charge in [-0.3, -0.25) is 10.1 Å². The molecule has 2 aromatic rings. The summed E-state index contributed by atoms with van der Waals surface area (Å²) in [5.41, 5.74) is 0.0572. The highest BCUT2D eigenvalue weighted by Gasteiger charge is 2.20. The number of halogens is 2. The maximum Gasteiger partial charge on any atom is 0.313 e. The second-order valence-electron chi connectivity index (χ2n) is 3.72. The summed E-state index contributed by atoms with van der Waals surface area (Å²) in [6, 6.07) is 5.53. The molecule has 0 unspecified atom stereocenters. The van der Waals surface area contributed by atoms with Gasteiger partial charge in [-0.25, -0.2) is 4.98 Å². The first-order valence-corrected chi connectivity index (χ1v) is 6.14. The van der Waals surface area contributed by atoms with Crippen molar-refractivity contribution in [2.75, 3.05) is 0 Å². The molecule has 1 aromatic carbocycles. The molecule has 20 heavy (non-hydrogen) atoms. The fraction of sp³-hybridized carbons (Fsp3) is 0.0833. The van der Waals surface area contributed by atoms with E-state index in [-0.39, 0.29) is 34.0 Å². The lowest BCUT2D eigenvalue weighted by atomic mass is 10.2. The highest BCUT2D eigenvalue weighted by atomic mass is 35.5. The van der Waals surface area contributed by atoms with E-state index in [0.717, 1.165) is 6.07 Å². The van der Waals surface area contributed by atoms with Crippen LogP contribution in [0.15, 0.2) is 30.5 Å². The molecule has 0 bridgehead atoms. The number of aliphatic hydroxyl groups is 1. The quantitative estimate of drug-likeness (QED) is 0.688. The van der Waals surface area contributed by atoms with Gasteiger partial charge in [-0.05, 0) is 12.1 Å². The Hall–Kier alpha value is -1.89. The van der Waals surface area contributed by atoms with E-state index in [1.807, 2.05) is 0 Å². The molecule has 1 heterocycles. The van der Waals surface area contributed by atoms with Crippen LogP contribution in [0.4, 0.5) is 5.69 Å². The Morgan fingerprint density at radius 2 is 2.05 bits per heavy atom. The van der Waals surface area contributed by atoms with Crippen molar-refractivity contribution in [2.45, 2.75) is 6.61 Å². The number of benzene rings is 1. The summed E-state index contributed by atoms with van der Waals surface area (Å²) in [7, 11) is 0. The molecule has 0 atom stereocenters. The molecular formula is C12H8Cl2N2O4. The SMILES string of the molecule is O=[N+]([O-])c1cc(Cl)c(Cl)cc1Oc1ncccc1CO. The predicted octanol–water partition coefficient (Wildman–Crippen LogP) is 3.58. The molecular weight excluding hydrogens is 307 g/mol. The van der Waals surface area contributed by atoms with E-state index in [2.05, 4.69) is 4.98 Å². The van der Waals surface area contributed by atoms with E-state index >= 15 is 0 Å². The van der Waals surface area contributed by atoms with Gasteiger partial charge in [0.05, 0.1) is 21.6 Å². The van der Waals surface area contributed by atoms with Crippen LogP contribution in [0.25, 0.3) is 0 Å². The third-order valence-electron chi connectivity index (χ3n) is 2.43. The van der Waals surface area contributed by atoms with E-state index in [9.17, 15) is 15.2 Å². The van der Waals surface area contributed by atoms with Gasteiger partial charge in [-0.2, -0.15) is 0 Å². The number of ether oxygens (including phenoxy) is 1. The van der Waals surface area contributed by atoms with Gasteiger partial charge in [0.2, 0.25) is 11.6 Å². The summed E-state index contributed by atoms with van der Waals surface area (Å²) < 4.78 is 5.37. The van der Waals surface area contributed by atoms with Gasteiger partial charge in [0.15, 0.2) is 0 Å². The van der Waals surface area contributed by atoms with Crippen LogP contribution >= 0.6 is 23.2 Å². The van der Waals surface area contributed by atoms with Crippen LogP contribution in [-0.2, 0) is 6.61 Å². The second-order valence-corrected chi connectivity index (χ2v) is 4.53. The topological polar surface area (TPSA) is 85.5 Å². The summed E-state index contributed by atoms with van der Waals surface area (Å²) in [6.45, 7) is -0.307. The zero-order valence-electron chi connectivity index (χ0n) is 9.92. The van der Waals surface area contributed by atoms with Gasteiger partial charge in [0, 0.05) is 23.9 Å². The molecule has 2 rings (SSSR count). The predicted molar refractivity (Wildman–Crippen MR) is 73.4 cm³/mol. The molecule has 0 saturated heterocycles. The van der Waals surface area contributed by atoms with Gasteiger partial charge in [-0.1, -0.05) is 23.2 Å². The average Bonchev–Trinajstić information content (AvgIpc) is 2.43. The Morgan fingerprint density at radius 1 is 1.35 bits per heavy atom. The maximum atomic E-state index is 11.0. The fourth-order valence-electron chi connectivity index (χ4n) is 1.48. The lowest BCUT2D eigenvalue weighted by Crippen LogP contribution is -1.98. The first kappa shape index (κ1) is 14.5. The molecule has 0 aliphatic carbocycles. The van der Waals surface area contributed by atoms with Gasteiger partial charge in [0.25, 0.3) is 0 Å². The number of nitrogens with zero attached hydrogens (tertiary/aromatic N) is 2. The van der Waals surface area contributed by atoms with Crippen molar-refractivity contribution in [3.63, 3.8) is 0 Å². The molecule has 8 heteroatoms. The van der Waals surface area contributed by atoms with Crippen molar-refractivity contribution in [3.8, 4) is 11.6 Å². The largest absolute Gasteiger partial charge is 0.431 e. The summed E-state index contributed by atoms with van der Waals surface area (Å²) >= 11 is 11.6. The van der Waals surface area contributed by atoms with Crippen molar-refractivity contribution in [1.82, 2.24) is 4.98 Å². The fourth-order valence-corrected chi connectivity index (χ4v) is 1.79. The number of pyridine rings is 1. The average molecular weight is 315 g/mol. The minimum absolute atomic E-state index is 0.0501. The van der Waals surface area contributed by atoms with E-state index in [4.69, 9.17) is 27.9 Å². The minimum Gasteiger partial charge on any atom is -0.431 e. The number of nitro groups is 1. The molecule has 0 spiro atoms. The number of aromatic nitrogens is 1. The smallest absolute Gasteiger partial charge is 0.313 e. The molecule has 0 radical (unpaired) electrons. The maximum absolute atomic E-state index is 11.0. The van der Waals surface area contributed by atoms with Crippen LogP contribution in [0, 0.1) is 10.1 Å². The normalized spacial score (nSPS) is 10.3. The van der Waals surface area contributed by atoms with E-state index < -0.39 is 4.92 Å². The Balaban J connectivity index is 2.47. The van der Waals surface area contributed by atoms with Crippen molar-refractivity contribution >= 4 is 28.9 Å². The van der Waals surface area contributed by atoms with Gasteiger partial charge >= 0.3 is 5.69 Å². The highest BCUT2D eigenvalue weighted by molar-refractivity contribution is 6.42. The van der Waals surface area contributed by atoms with Gasteiger partial charge in [0.1, 0.15) is 0 Å². The summed E-state index contributed by atoms with van der Waals surface area (Å²) in [4.78, 5) is 14.3. The van der Waals surface area contributed by atoms with Crippen LogP contribution in [0.1, 0.15) is 5.56 Å². The molecule has 1 aromatic heterocycles. The number of nitro benzene ring substituents is 1. The van der Waals surface area contributed by atoms with Crippen molar-refractivity contribution < 1.29 is 14.8 Å². The number of hydrogen-bond donors (Lipinski definition) is 1. The number of rotatable bonds is 4. The molecule has 0 fully saturated rings. The molecule has 1 N–H and O–H groups in total. The summed E-state index contributed by atoms with van der Waals surface area (Å²) in [6.07, 6.45) is 1.44. The standard InChI is InChI=1S/C12H8Cl2N2O4/c13-8-4-10(16(18)19)11(5-9(8)14)20-12-7(6-17)2-1-3-15-12/h1-5,17H,6H2. The molecule has 6 nitrogen and oxygen atoms in total. The van der Waals surface area contributed by atoms with Crippen molar-refractivity contribution in [3.05, 3.63) is 56.2 Å². The Morgan fingerprint density at radius 3 is 2.70 bits per heavy atom. The molecule has 0 aliphatic heterocycles. The summed E-state index contributed by atoms with van der Waals surface area (Å²) in [5.74, 6) is -0.0331. The monoisotopic (exact) mass is 314 g/mol. The second kappa shape index (κ2) is 6.04. The lowest BCUT2D eigenvalue weighted by Gasteiger charge is -2.09. The zero-order valence-corrected chi connectivity index (χ0v) is 11.4. The summed E-state index contributed by atoms with van der Waals surface area (Å²) in [5, 5.41) is 20.3. The first-order chi connectivity index (χ1) is 9.52. The van der Waals surface area contributed by atoms with E-state index in [1.54, 1.807) is 12.1 Å². The Bertz CT molecular complexity index is 664. The Kier molecular flexibility index (Phi) is 4.39. The van der Waals surface area contributed by atoms with Crippen LogP contribution < -0.4 is 4.74 Å². The minimum atomic E-state index is -0.640. The third kappa shape index (κ3) is 2.98. The van der Waals surface area contributed by atoms with Crippen LogP contribution in [0.2, 0.25) is 10.0 Å². The van der Waals surface area contributed by atoms with E-state index in [1.165, 1.54) is 12.3 Å².